The molecule has 1 saturated carbocycles. The Labute approximate surface area is 216 Å². The fraction of sp³-hybridized carbons (Fsp3) is 0.290. The number of imide groups is 1. The van der Waals surface area contributed by atoms with E-state index in [0.717, 1.165) is 12.0 Å². The number of esters is 1. The molecular formula is C31H29NO5. The average Bonchev–Trinajstić information content (AvgIpc) is 3.18. The van der Waals surface area contributed by atoms with Crippen LogP contribution in [-0.2, 0) is 14.3 Å². The van der Waals surface area contributed by atoms with E-state index in [1.54, 1.807) is 30.3 Å². The Morgan fingerprint density at radius 3 is 2.27 bits per heavy atom. The van der Waals surface area contributed by atoms with Crippen molar-refractivity contribution in [3.05, 3.63) is 101 Å². The van der Waals surface area contributed by atoms with Crippen molar-refractivity contribution in [2.75, 3.05) is 4.90 Å². The van der Waals surface area contributed by atoms with Crippen LogP contribution >= 0.6 is 0 Å². The number of hydrogen-bond donors (Lipinski definition) is 0. The van der Waals surface area contributed by atoms with Crippen LogP contribution in [0.1, 0.15) is 63.9 Å². The van der Waals surface area contributed by atoms with Gasteiger partial charge in [-0.1, -0.05) is 66.2 Å². The van der Waals surface area contributed by atoms with Crippen LogP contribution in [0, 0.1) is 18.8 Å². The van der Waals surface area contributed by atoms with Gasteiger partial charge < -0.3 is 4.74 Å². The molecule has 1 saturated heterocycles. The molecule has 3 aromatic rings. The minimum atomic E-state index is -0.980. The molecule has 0 aromatic heterocycles. The van der Waals surface area contributed by atoms with E-state index in [-0.39, 0.29) is 40.9 Å². The molecule has 4 atom stereocenters. The van der Waals surface area contributed by atoms with Gasteiger partial charge >= 0.3 is 5.97 Å². The summed E-state index contributed by atoms with van der Waals surface area (Å²) >= 11 is 0. The number of ether oxygens (including phenoxy) is 1. The molecule has 37 heavy (non-hydrogen) atoms. The van der Waals surface area contributed by atoms with E-state index in [2.05, 4.69) is 12.1 Å². The van der Waals surface area contributed by atoms with Crippen LogP contribution in [0.2, 0.25) is 0 Å². The maximum atomic E-state index is 13.4. The number of rotatable bonds is 6. The van der Waals surface area contributed by atoms with Gasteiger partial charge in [-0.25, -0.2) is 4.79 Å². The highest BCUT2D eigenvalue weighted by Gasteiger charge is 2.50. The molecule has 0 radical (unpaired) electrons. The van der Waals surface area contributed by atoms with Gasteiger partial charge in [0.2, 0.25) is 17.6 Å². The minimum absolute atomic E-state index is 0.179. The molecule has 2 aliphatic rings. The number of anilines is 1. The zero-order chi connectivity index (χ0) is 26.1. The van der Waals surface area contributed by atoms with Crippen molar-refractivity contribution in [2.45, 2.75) is 45.1 Å². The average molecular weight is 496 g/mol. The van der Waals surface area contributed by atoms with Crippen molar-refractivity contribution in [3.8, 4) is 0 Å². The molecule has 188 valence electrons. The SMILES string of the molecule is Cc1ccc(C(=O)[C@H](C)OC(=O)c2cccc(N3C(=O)[C@H]4C[C@@H](c5ccccc5)CC[C@H]4C3=O)c2)cc1. The van der Waals surface area contributed by atoms with Crippen molar-refractivity contribution >= 4 is 29.3 Å². The summed E-state index contributed by atoms with van der Waals surface area (Å²) in [6.07, 6.45) is 1.17. The van der Waals surface area contributed by atoms with Crippen LogP contribution in [0.25, 0.3) is 0 Å². The van der Waals surface area contributed by atoms with Gasteiger partial charge in [0.15, 0.2) is 6.10 Å². The summed E-state index contributed by atoms with van der Waals surface area (Å²) < 4.78 is 5.43. The lowest BCUT2D eigenvalue weighted by atomic mass is 9.73. The Kier molecular flexibility index (Phi) is 6.74. The Morgan fingerprint density at radius 2 is 1.54 bits per heavy atom. The van der Waals surface area contributed by atoms with Gasteiger partial charge in [-0.15, -0.1) is 0 Å². The van der Waals surface area contributed by atoms with E-state index < -0.39 is 12.1 Å². The smallest absolute Gasteiger partial charge is 0.338 e. The molecule has 2 fully saturated rings. The molecule has 6 heteroatoms. The summed E-state index contributed by atoms with van der Waals surface area (Å²) in [6, 6.07) is 23.5. The normalized spacial score (nSPS) is 21.9. The first kappa shape index (κ1) is 24.6. The Morgan fingerprint density at radius 1 is 0.838 bits per heavy atom. The number of ketones is 1. The van der Waals surface area contributed by atoms with Gasteiger partial charge in [-0.3, -0.25) is 19.3 Å². The summed E-state index contributed by atoms with van der Waals surface area (Å²) in [7, 11) is 0. The van der Waals surface area contributed by atoms with E-state index in [0.29, 0.717) is 24.1 Å². The van der Waals surface area contributed by atoms with E-state index in [1.807, 2.05) is 37.3 Å². The predicted octanol–water partition coefficient (Wildman–Crippen LogP) is 5.50. The molecule has 0 bridgehead atoms. The number of benzene rings is 3. The van der Waals surface area contributed by atoms with E-state index in [9.17, 15) is 19.2 Å². The zero-order valence-corrected chi connectivity index (χ0v) is 20.9. The van der Waals surface area contributed by atoms with E-state index in [1.165, 1.54) is 23.5 Å². The van der Waals surface area contributed by atoms with Crippen LogP contribution in [0.3, 0.4) is 0 Å². The highest BCUT2D eigenvalue weighted by molar-refractivity contribution is 6.22. The Bertz CT molecular complexity index is 1350. The summed E-state index contributed by atoms with van der Waals surface area (Å²) in [5.41, 5.74) is 3.22. The van der Waals surface area contributed by atoms with Gasteiger partial charge in [0.25, 0.3) is 0 Å². The number of carbonyl (C=O) groups is 4. The first-order valence-corrected chi connectivity index (χ1v) is 12.7. The second kappa shape index (κ2) is 10.1. The summed E-state index contributed by atoms with van der Waals surface area (Å²) in [6.45, 7) is 3.46. The molecule has 0 N–H and O–H groups in total. The summed E-state index contributed by atoms with van der Waals surface area (Å²) in [4.78, 5) is 53.4. The molecule has 1 aliphatic carbocycles. The van der Waals surface area contributed by atoms with Gasteiger partial charge in [-0.05, 0) is 62.8 Å². The first-order valence-electron chi connectivity index (χ1n) is 12.7. The molecule has 6 nitrogen and oxygen atoms in total. The lowest BCUT2D eigenvalue weighted by Crippen LogP contribution is -2.31. The van der Waals surface area contributed by atoms with Crippen LogP contribution in [-0.4, -0.2) is 29.7 Å². The molecule has 0 unspecified atom stereocenters. The van der Waals surface area contributed by atoms with Crippen molar-refractivity contribution in [1.82, 2.24) is 0 Å². The monoisotopic (exact) mass is 495 g/mol. The predicted molar refractivity (Wildman–Crippen MR) is 139 cm³/mol. The summed E-state index contributed by atoms with van der Waals surface area (Å²) in [5, 5.41) is 0. The fourth-order valence-electron chi connectivity index (χ4n) is 5.47. The topological polar surface area (TPSA) is 80.8 Å². The van der Waals surface area contributed by atoms with Gasteiger partial charge in [-0.2, -0.15) is 0 Å². The third kappa shape index (κ3) is 4.84. The van der Waals surface area contributed by atoms with Crippen molar-refractivity contribution < 1.29 is 23.9 Å². The second-order valence-corrected chi connectivity index (χ2v) is 9.97. The molecule has 1 aliphatic heterocycles. The minimum Gasteiger partial charge on any atom is -0.451 e. The van der Waals surface area contributed by atoms with Gasteiger partial charge in [0.05, 0.1) is 23.1 Å². The number of hydrogen-bond acceptors (Lipinski definition) is 5. The summed E-state index contributed by atoms with van der Waals surface area (Å²) in [5.74, 6) is -1.88. The number of amides is 2. The quantitative estimate of drug-likeness (QED) is 0.256. The zero-order valence-electron chi connectivity index (χ0n) is 20.9. The lowest BCUT2D eigenvalue weighted by molar-refractivity contribution is -0.122. The second-order valence-electron chi connectivity index (χ2n) is 9.97. The highest BCUT2D eigenvalue weighted by atomic mass is 16.5. The van der Waals surface area contributed by atoms with Crippen molar-refractivity contribution in [2.24, 2.45) is 11.8 Å². The molecule has 5 rings (SSSR count). The lowest BCUT2D eigenvalue weighted by Gasteiger charge is -2.28. The van der Waals surface area contributed by atoms with Crippen LogP contribution in [0.5, 0.6) is 0 Å². The maximum absolute atomic E-state index is 13.4. The Hall–Kier alpha value is -4.06. The number of nitrogens with zero attached hydrogens (tertiary/aromatic N) is 1. The number of fused-ring (bicyclic) bond motifs is 1. The number of Topliss-reactive ketones (excluding diaryl/α,β-unsaturated/α-hetero) is 1. The number of carbonyl (C=O) groups excluding carboxylic acids is 4. The van der Waals surface area contributed by atoms with E-state index >= 15 is 0 Å². The molecular weight excluding hydrogens is 466 g/mol. The standard InChI is InChI=1S/C31H29NO5/c1-19-11-13-22(14-12-19)28(33)20(2)37-31(36)24-9-6-10-25(17-24)32-29(34)26-16-15-23(18-27(26)30(32)35)21-7-4-3-5-8-21/h3-14,17,20,23,26-27H,15-16,18H2,1-2H3/t20-,23-,26+,27-/m0/s1. The third-order valence-corrected chi connectivity index (χ3v) is 7.53. The van der Waals surface area contributed by atoms with Gasteiger partial charge in [0, 0.05) is 5.56 Å². The molecule has 1 heterocycles. The van der Waals surface area contributed by atoms with Crippen LogP contribution in [0.15, 0.2) is 78.9 Å². The highest BCUT2D eigenvalue weighted by Crippen LogP contribution is 2.45. The van der Waals surface area contributed by atoms with Crippen molar-refractivity contribution in [1.29, 1.82) is 0 Å². The van der Waals surface area contributed by atoms with Crippen LogP contribution in [0.4, 0.5) is 5.69 Å². The van der Waals surface area contributed by atoms with E-state index in [4.69, 9.17) is 4.74 Å². The molecule has 0 spiro atoms. The van der Waals surface area contributed by atoms with Crippen LogP contribution < -0.4 is 4.90 Å². The first-order chi connectivity index (χ1) is 17.8. The largest absolute Gasteiger partial charge is 0.451 e. The van der Waals surface area contributed by atoms with Gasteiger partial charge in [0.1, 0.15) is 0 Å². The molecule has 3 aromatic carbocycles. The Balaban J connectivity index is 1.30. The number of aryl methyl sites for hydroxylation is 1. The molecule has 2 amide bonds. The third-order valence-electron chi connectivity index (χ3n) is 7.53. The van der Waals surface area contributed by atoms with Crippen molar-refractivity contribution in [3.63, 3.8) is 0 Å². The fourth-order valence-corrected chi connectivity index (χ4v) is 5.47. The maximum Gasteiger partial charge on any atom is 0.338 e.